The summed E-state index contributed by atoms with van der Waals surface area (Å²) in [5, 5.41) is 0. The molecule has 2 rings (SSSR count). The minimum Gasteiger partial charge on any atom is -0.451 e. The SMILES string of the molecule is CC(C)(C)c1cc(F)c(Oc2ccnc(C(F)(F)F)c2)c(F)c1. The fourth-order valence-electron chi connectivity index (χ4n) is 1.84. The van der Waals surface area contributed by atoms with Crippen molar-refractivity contribution >= 4 is 0 Å². The number of nitrogens with zero attached hydrogens (tertiary/aromatic N) is 1. The van der Waals surface area contributed by atoms with E-state index in [2.05, 4.69) is 4.98 Å². The van der Waals surface area contributed by atoms with E-state index in [1.54, 1.807) is 20.8 Å². The van der Waals surface area contributed by atoms with Crippen molar-refractivity contribution < 1.29 is 26.7 Å². The van der Waals surface area contributed by atoms with Gasteiger partial charge in [-0.25, -0.2) is 8.78 Å². The van der Waals surface area contributed by atoms with Crippen molar-refractivity contribution in [3.8, 4) is 11.5 Å². The molecular formula is C16H14F5NO. The van der Waals surface area contributed by atoms with Gasteiger partial charge in [0.15, 0.2) is 17.4 Å². The Morgan fingerprint density at radius 2 is 1.52 bits per heavy atom. The lowest BCUT2D eigenvalue weighted by Crippen LogP contribution is -2.12. The molecule has 0 bridgehead atoms. The molecule has 0 spiro atoms. The van der Waals surface area contributed by atoms with Crippen LogP contribution in [-0.4, -0.2) is 4.98 Å². The first-order valence-corrected chi connectivity index (χ1v) is 6.69. The fourth-order valence-corrected chi connectivity index (χ4v) is 1.84. The number of rotatable bonds is 2. The second-order valence-corrected chi connectivity index (χ2v) is 6.00. The van der Waals surface area contributed by atoms with Crippen molar-refractivity contribution in [3.05, 3.63) is 53.4 Å². The monoisotopic (exact) mass is 331 g/mol. The molecule has 2 aromatic rings. The highest BCUT2D eigenvalue weighted by molar-refractivity contribution is 5.38. The van der Waals surface area contributed by atoms with Crippen molar-refractivity contribution in [2.24, 2.45) is 0 Å². The summed E-state index contributed by atoms with van der Waals surface area (Å²) in [6, 6.07) is 3.87. The zero-order valence-corrected chi connectivity index (χ0v) is 12.6. The Morgan fingerprint density at radius 3 is 2.00 bits per heavy atom. The first-order chi connectivity index (χ1) is 10.5. The lowest BCUT2D eigenvalue weighted by atomic mass is 9.87. The minimum atomic E-state index is -4.67. The van der Waals surface area contributed by atoms with E-state index in [4.69, 9.17) is 4.74 Å². The molecular weight excluding hydrogens is 317 g/mol. The molecule has 0 atom stereocenters. The summed E-state index contributed by atoms with van der Waals surface area (Å²) in [5.41, 5.74) is -1.28. The van der Waals surface area contributed by atoms with Crippen LogP contribution in [0.1, 0.15) is 32.0 Å². The molecule has 124 valence electrons. The van der Waals surface area contributed by atoms with Crippen LogP contribution in [0.5, 0.6) is 11.5 Å². The van der Waals surface area contributed by atoms with Crippen LogP contribution in [0.4, 0.5) is 22.0 Å². The Kier molecular flexibility index (Phi) is 4.32. The molecule has 0 amide bonds. The Morgan fingerprint density at radius 1 is 0.957 bits per heavy atom. The normalized spacial score (nSPS) is 12.3. The number of pyridine rings is 1. The van der Waals surface area contributed by atoms with Crippen LogP contribution in [0, 0.1) is 11.6 Å². The highest BCUT2D eigenvalue weighted by Gasteiger charge is 2.33. The van der Waals surface area contributed by atoms with E-state index in [9.17, 15) is 22.0 Å². The molecule has 0 saturated carbocycles. The standard InChI is InChI=1S/C16H14F5NO/c1-15(2,3)9-6-11(17)14(12(18)7-9)23-10-4-5-22-13(8-10)16(19,20)21/h4-8H,1-3H3. The van der Waals surface area contributed by atoms with Crippen LogP contribution >= 0.6 is 0 Å². The maximum absolute atomic E-state index is 14.1. The van der Waals surface area contributed by atoms with Gasteiger partial charge in [0.2, 0.25) is 0 Å². The third-order valence-electron chi connectivity index (χ3n) is 3.11. The summed E-state index contributed by atoms with van der Waals surface area (Å²) < 4.78 is 70.8. The molecule has 7 heteroatoms. The zero-order valence-electron chi connectivity index (χ0n) is 12.6. The molecule has 0 fully saturated rings. The number of halogens is 5. The van der Waals surface area contributed by atoms with Gasteiger partial charge in [-0.3, -0.25) is 4.98 Å². The quantitative estimate of drug-likeness (QED) is 0.681. The summed E-state index contributed by atoms with van der Waals surface area (Å²) in [7, 11) is 0. The van der Waals surface area contributed by atoms with Gasteiger partial charge >= 0.3 is 6.18 Å². The Labute approximate surface area is 129 Å². The van der Waals surface area contributed by atoms with E-state index >= 15 is 0 Å². The summed E-state index contributed by atoms with van der Waals surface area (Å²) >= 11 is 0. The third-order valence-corrected chi connectivity index (χ3v) is 3.11. The van der Waals surface area contributed by atoms with Gasteiger partial charge in [-0.2, -0.15) is 13.2 Å². The molecule has 0 aliphatic rings. The Bertz CT molecular complexity index is 696. The fraction of sp³-hybridized carbons (Fsp3) is 0.312. The average molecular weight is 331 g/mol. The lowest BCUT2D eigenvalue weighted by Gasteiger charge is -2.20. The van der Waals surface area contributed by atoms with Crippen LogP contribution in [0.2, 0.25) is 0 Å². The van der Waals surface area contributed by atoms with Crippen molar-refractivity contribution in [2.45, 2.75) is 32.4 Å². The van der Waals surface area contributed by atoms with Gasteiger partial charge < -0.3 is 4.74 Å². The highest BCUT2D eigenvalue weighted by Crippen LogP contribution is 2.34. The molecule has 23 heavy (non-hydrogen) atoms. The van der Waals surface area contributed by atoms with Gasteiger partial charge in [0.05, 0.1) is 0 Å². The molecule has 1 aromatic heterocycles. The highest BCUT2D eigenvalue weighted by atomic mass is 19.4. The minimum absolute atomic E-state index is 0.353. The van der Waals surface area contributed by atoms with E-state index in [1.165, 1.54) is 0 Å². The van der Waals surface area contributed by atoms with Crippen LogP contribution in [0.25, 0.3) is 0 Å². The van der Waals surface area contributed by atoms with Crippen molar-refractivity contribution in [2.75, 3.05) is 0 Å². The summed E-state index contributed by atoms with van der Waals surface area (Å²) in [6.07, 6.45) is -3.82. The molecule has 0 aliphatic heterocycles. The van der Waals surface area contributed by atoms with Gasteiger partial charge in [-0.1, -0.05) is 20.8 Å². The molecule has 1 heterocycles. The van der Waals surface area contributed by atoms with E-state index in [1.807, 2.05) is 0 Å². The molecule has 1 aromatic carbocycles. The lowest BCUT2D eigenvalue weighted by molar-refractivity contribution is -0.141. The molecule has 2 nitrogen and oxygen atoms in total. The van der Waals surface area contributed by atoms with E-state index < -0.39 is 34.7 Å². The molecule has 0 radical (unpaired) electrons. The number of alkyl halides is 3. The maximum atomic E-state index is 14.1. The van der Waals surface area contributed by atoms with Gasteiger partial charge in [-0.05, 0) is 29.2 Å². The zero-order chi connectivity index (χ0) is 17.4. The van der Waals surface area contributed by atoms with E-state index in [0.29, 0.717) is 11.6 Å². The van der Waals surface area contributed by atoms with Crippen LogP contribution in [0.3, 0.4) is 0 Å². The summed E-state index contributed by atoms with van der Waals surface area (Å²) in [5.74, 6) is -3.08. The predicted octanol–water partition coefficient (Wildman–Crippen LogP) is 5.47. The number of hydrogen-bond donors (Lipinski definition) is 0. The van der Waals surface area contributed by atoms with Gasteiger partial charge in [0, 0.05) is 12.3 Å². The maximum Gasteiger partial charge on any atom is 0.433 e. The molecule has 0 saturated heterocycles. The van der Waals surface area contributed by atoms with Crippen LogP contribution < -0.4 is 4.74 Å². The molecule has 0 N–H and O–H groups in total. The van der Waals surface area contributed by atoms with Crippen molar-refractivity contribution in [3.63, 3.8) is 0 Å². The summed E-state index contributed by atoms with van der Waals surface area (Å²) in [6.45, 7) is 5.33. The van der Waals surface area contributed by atoms with Gasteiger partial charge in [0.1, 0.15) is 11.4 Å². The first-order valence-electron chi connectivity index (χ1n) is 6.69. The first kappa shape index (κ1) is 17.2. The number of benzene rings is 1. The second kappa shape index (κ2) is 5.79. The number of aromatic nitrogens is 1. The van der Waals surface area contributed by atoms with E-state index in [-0.39, 0.29) is 5.75 Å². The van der Waals surface area contributed by atoms with Gasteiger partial charge in [0.25, 0.3) is 0 Å². The van der Waals surface area contributed by atoms with E-state index in [0.717, 1.165) is 24.4 Å². The largest absolute Gasteiger partial charge is 0.451 e. The van der Waals surface area contributed by atoms with Crippen molar-refractivity contribution in [1.29, 1.82) is 0 Å². The third kappa shape index (κ3) is 3.97. The Hall–Kier alpha value is -2.18. The Balaban J connectivity index is 2.38. The van der Waals surface area contributed by atoms with Crippen LogP contribution in [0.15, 0.2) is 30.5 Å². The summed E-state index contributed by atoms with van der Waals surface area (Å²) in [4.78, 5) is 3.15. The second-order valence-electron chi connectivity index (χ2n) is 6.00. The number of hydrogen-bond acceptors (Lipinski definition) is 2. The smallest absolute Gasteiger partial charge is 0.433 e. The topological polar surface area (TPSA) is 22.1 Å². The van der Waals surface area contributed by atoms with Crippen molar-refractivity contribution in [1.82, 2.24) is 4.98 Å². The predicted molar refractivity (Wildman–Crippen MR) is 74.4 cm³/mol. The van der Waals surface area contributed by atoms with Crippen LogP contribution in [-0.2, 0) is 11.6 Å². The molecule has 0 unspecified atom stereocenters. The number of ether oxygens (including phenoxy) is 1. The molecule has 0 aliphatic carbocycles. The van der Waals surface area contributed by atoms with Gasteiger partial charge in [-0.15, -0.1) is 0 Å². The average Bonchev–Trinajstić information content (AvgIpc) is 2.41.